The third-order valence-corrected chi connectivity index (χ3v) is 4.29. The third-order valence-electron chi connectivity index (χ3n) is 3.20. The van der Waals surface area contributed by atoms with E-state index in [1.165, 1.54) is 16.2 Å². The van der Waals surface area contributed by atoms with Crippen LogP contribution in [0.2, 0.25) is 0 Å². The molecule has 0 bridgehead atoms. The molecule has 0 unspecified atom stereocenters. The van der Waals surface area contributed by atoms with Gasteiger partial charge in [-0.25, -0.2) is 4.98 Å². The molecule has 20 heavy (non-hydrogen) atoms. The van der Waals surface area contributed by atoms with Crippen LogP contribution >= 0.6 is 11.3 Å². The lowest BCUT2D eigenvalue weighted by molar-refractivity contribution is -0.146. The number of hydrogen-bond donors (Lipinski definition) is 0. The number of aldehydes is 1. The second-order valence-electron chi connectivity index (χ2n) is 4.66. The Morgan fingerprint density at radius 2 is 1.95 bits per heavy atom. The summed E-state index contributed by atoms with van der Waals surface area (Å²) in [5.74, 6) is 0. The molecule has 0 atom stereocenters. The van der Waals surface area contributed by atoms with Gasteiger partial charge in [0.1, 0.15) is 0 Å². The Labute approximate surface area is 119 Å². The number of piperazine rings is 1. The SMILES string of the molecule is CCc1nc(N2CCN(CC(F)(F)F)CC2)sc1C=O. The zero-order chi connectivity index (χ0) is 14.8. The van der Waals surface area contributed by atoms with E-state index in [2.05, 4.69) is 4.98 Å². The van der Waals surface area contributed by atoms with Crippen LogP contribution in [0.4, 0.5) is 18.3 Å². The van der Waals surface area contributed by atoms with Crippen LogP contribution < -0.4 is 4.90 Å². The molecule has 0 aliphatic carbocycles. The summed E-state index contributed by atoms with van der Waals surface area (Å²) in [4.78, 5) is 19.3. The van der Waals surface area contributed by atoms with E-state index < -0.39 is 12.7 Å². The van der Waals surface area contributed by atoms with Crippen LogP contribution in [-0.2, 0) is 6.42 Å². The minimum absolute atomic E-state index is 0.358. The predicted octanol–water partition coefficient (Wildman–Crippen LogP) is 2.20. The van der Waals surface area contributed by atoms with Gasteiger partial charge in [0, 0.05) is 26.2 Å². The number of carbonyl (C=O) groups is 1. The number of aromatic nitrogens is 1. The first-order valence-electron chi connectivity index (χ1n) is 6.42. The summed E-state index contributed by atoms with van der Waals surface area (Å²) in [7, 11) is 0. The second kappa shape index (κ2) is 6.09. The van der Waals surface area contributed by atoms with Crippen molar-refractivity contribution in [3.05, 3.63) is 10.6 Å². The van der Waals surface area contributed by atoms with E-state index in [-0.39, 0.29) is 0 Å². The Hall–Kier alpha value is -1.15. The molecule has 1 aliphatic rings. The van der Waals surface area contributed by atoms with E-state index in [1.54, 1.807) is 0 Å². The Morgan fingerprint density at radius 1 is 1.30 bits per heavy atom. The minimum Gasteiger partial charge on any atom is -0.346 e. The van der Waals surface area contributed by atoms with E-state index in [1.807, 2.05) is 11.8 Å². The number of alkyl halides is 3. The molecule has 112 valence electrons. The first kappa shape index (κ1) is 15.2. The highest BCUT2D eigenvalue weighted by Crippen LogP contribution is 2.27. The molecule has 0 N–H and O–H groups in total. The highest BCUT2D eigenvalue weighted by molar-refractivity contribution is 7.17. The van der Waals surface area contributed by atoms with Crippen LogP contribution in [0.1, 0.15) is 22.3 Å². The molecule has 0 radical (unpaired) electrons. The highest BCUT2D eigenvalue weighted by atomic mass is 32.1. The van der Waals surface area contributed by atoms with Crippen molar-refractivity contribution >= 4 is 22.8 Å². The Kier molecular flexibility index (Phi) is 4.64. The molecule has 0 amide bonds. The lowest BCUT2D eigenvalue weighted by atomic mass is 10.3. The van der Waals surface area contributed by atoms with Gasteiger partial charge in [-0.15, -0.1) is 0 Å². The van der Waals surface area contributed by atoms with Crippen molar-refractivity contribution in [1.29, 1.82) is 0 Å². The zero-order valence-electron chi connectivity index (χ0n) is 11.1. The Morgan fingerprint density at radius 3 is 2.40 bits per heavy atom. The van der Waals surface area contributed by atoms with Crippen LogP contribution in [0.15, 0.2) is 0 Å². The number of aryl methyl sites for hydroxylation is 1. The summed E-state index contributed by atoms with van der Waals surface area (Å²) in [6, 6.07) is 0. The summed E-state index contributed by atoms with van der Waals surface area (Å²) in [5.41, 5.74) is 0.762. The van der Waals surface area contributed by atoms with Crippen LogP contribution in [0, 0.1) is 0 Å². The second-order valence-corrected chi connectivity index (χ2v) is 5.67. The Bertz CT molecular complexity index is 467. The molecule has 0 saturated carbocycles. The van der Waals surface area contributed by atoms with Crippen molar-refractivity contribution in [2.24, 2.45) is 0 Å². The molecular formula is C12H16F3N3OS. The summed E-state index contributed by atoms with van der Waals surface area (Å²) < 4.78 is 36.9. The number of hydrogen-bond acceptors (Lipinski definition) is 5. The maximum absolute atomic E-state index is 12.3. The van der Waals surface area contributed by atoms with Crippen molar-refractivity contribution in [3.8, 4) is 0 Å². The highest BCUT2D eigenvalue weighted by Gasteiger charge is 2.32. The molecule has 1 aromatic rings. The normalized spacial score (nSPS) is 17.5. The topological polar surface area (TPSA) is 36.4 Å². The number of nitrogens with zero attached hydrogens (tertiary/aromatic N) is 3. The van der Waals surface area contributed by atoms with E-state index in [0.717, 1.165) is 17.1 Å². The number of halogens is 3. The van der Waals surface area contributed by atoms with Crippen molar-refractivity contribution in [2.75, 3.05) is 37.6 Å². The smallest absolute Gasteiger partial charge is 0.346 e. The molecule has 1 aromatic heterocycles. The summed E-state index contributed by atoms with van der Waals surface area (Å²) in [6.45, 7) is 2.79. The first-order chi connectivity index (χ1) is 9.43. The van der Waals surface area contributed by atoms with Crippen molar-refractivity contribution < 1.29 is 18.0 Å². The molecule has 2 rings (SSSR count). The summed E-state index contributed by atoms with van der Waals surface area (Å²) in [5, 5.41) is 0.732. The molecule has 4 nitrogen and oxygen atoms in total. The number of rotatable bonds is 4. The number of anilines is 1. The van der Waals surface area contributed by atoms with Crippen molar-refractivity contribution in [3.63, 3.8) is 0 Å². The predicted molar refractivity (Wildman–Crippen MR) is 71.6 cm³/mol. The van der Waals surface area contributed by atoms with Gasteiger partial charge < -0.3 is 4.90 Å². The zero-order valence-corrected chi connectivity index (χ0v) is 11.9. The molecule has 0 aromatic carbocycles. The molecule has 2 heterocycles. The number of thiazole rings is 1. The van der Waals surface area contributed by atoms with Crippen LogP contribution in [0.3, 0.4) is 0 Å². The molecule has 8 heteroatoms. The van der Waals surface area contributed by atoms with E-state index in [4.69, 9.17) is 0 Å². The van der Waals surface area contributed by atoms with Gasteiger partial charge in [-0.2, -0.15) is 13.2 Å². The lowest BCUT2D eigenvalue weighted by Crippen LogP contribution is -2.49. The maximum atomic E-state index is 12.3. The largest absolute Gasteiger partial charge is 0.401 e. The monoisotopic (exact) mass is 307 g/mol. The quantitative estimate of drug-likeness (QED) is 0.799. The molecule has 0 spiro atoms. The molecular weight excluding hydrogens is 291 g/mol. The van der Waals surface area contributed by atoms with Crippen molar-refractivity contribution in [2.45, 2.75) is 19.5 Å². The van der Waals surface area contributed by atoms with E-state index in [9.17, 15) is 18.0 Å². The van der Waals surface area contributed by atoms with Gasteiger partial charge in [0.15, 0.2) is 11.4 Å². The van der Waals surface area contributed by atoms with Gasteiger partial charge >= 0.3 is 6.18 Å². The molecule has 1 saturated heterocycles. The molecule has 1 aliphatic heterocycles. The fraction of sp³-hybridized carbons (Fsp3) is 0.667. The third kappa shape index (κ3) is 3.69. The Balaban J connectivity index is 1.97. The average molecular weight is 307 g/mol. The molecule has 1 fully saturated rings. The minimum atomic E-state index is -4.15. The fourth-order valence-corrected chi connectivity index (χ4v) is 3.20. The van der Waals surface area contributed by atoms with Gasteiger partial charge in [-0.05, 0) is 6.42 Å². The van der Waals surface area contributed by atoms with E-state index in [0.29, 0.717) is 37.5 Å². The lowest BCUT2D eigenvalue weighted by Gasteiger charge is -2.34. The van der Waals surface area contributed by atoms with Crippen LogP contribution in [-0.4, -0.2) is 55.1 Å². The van der Waals surface area contributed by atoms with Crippen molar-refractivity contribution in [1.82, 2.24) is 9.88 Å². The average Bonchev–Trinajstić information content (AvgIpc) is 2.81. The van der Waals surface area contributed by atoms with Crippen LogP contribution in [0.25, 0.3) is 0 Å². The van der Waals surface area contributed by atoms with Gasteiger partial charge in [0.2, 0.25) is 0 Å². The maximum Gasteiger partial charge on any atom is 0.401 e. The number of carbonyl (C=O) groups excluding carboxylic acids is 1. The van der Waals surface area contributed by atoms with Gasteiger partial charge in [0.25, 0.3) is 0 Å². The van der Waals surface area contributed by atoms with E-state index >= 15 is 0 Å². The van der Waals surface area contributed by atoms with Gasteiger partial charge in [-0.1, -0.05) is 18.3 Å². The summed E-state index contributed by atoms with van der Waals surface area (Å²) in [6.07, 6.45) is -2.68. The van der Waals surface area contributed by atoms with Gasteiger partial charge in [0.05, 0.1) is 17.1 Å². The fourth-order valence-electron chi connectivity index (χ4n) is 2.18. The first-order valence-corrected chi connectivity index (χ1v) is 7.23. The van der Waals surface area contributed by atoms with Gasteiger partial charge in [-0.3, -0.25) is 9.69 Å². The standard InChI is InChI=1S/C12H16F3N3OS/c1-2-9-10(7-19)20-11(16-9)18-5-3-17(4-6-18)8-12(13,14)15/h7H,2-6,8H2,1H3. The summed E-state index contributed by atoms with van der Waals surface area (Å²) >= 11 is 1.31. The van der Waals surface area contributed by atoms with Crippen LogP contribution in [0.5, 0.6) is 0 Å².